The van der Waals surface area contributed by atoms with Gasteiger partial charge in [0.25, 0.3) is 0 Å². The zero-order valence-electron chi connectivity index (χ0n) is 16.8. The van der Waals surface area contributed by atoms with Gasteiger partial charge in [-0.1, -0.05) is 58.0 Å². The molecule has 0 radical (unpaired) electrons. The van der Waals surface area contributed by atoms with Gasteiger partial charge in [0.15, 0.2) is 8.32 Å². The van der Waals surface area contributed by atoms with Crippen LogP contribution >= 0.6 is 11.8 Å². The normalized spacial score (nSPS) is 28.5. The van der Waals surface area contributed by atoms with Crippen molar-refractivity contribution in [3.63, 3.8) is 0 Å². The van der Waals surface area contributed by atoms with Crippen LogP contribution in [0.2, 0.25) is 18.1 Å². The lowest BCUT2D eigenvalue weighted by molar-refractivity contribution is 0.0996. The number of thioether (sulfide) groups is 1. The maximum Gasteiger partial charge on any atom is 0.192 e. The van der Waals surface area contributed by atoms with Crippen molar-refractivity contribution in [1.82, 2.24) is 4.90 Å². The van der Waals surface area contributed by atoms with Crippen molar-refractivity contribution in [1.29, 1.82) is 0 Å². The summed E-state index contributed by atoms with van der Waals surface area (Å²) in [5, 5.41) is 0.865. The van der Waals surface area contributed by atoms with Gasteiger partial charge in [0, 0.05) is 18.5 Å². The van der Waals surface area contributed by atoms with Crippen LogP contribution in [0.15, 0.2) is 30.3 Å². The van der Waals surface area contributed by atoms with Crippen molar-refractivity contribution >= 4 is 20.1 Å². The highest BCUT2D eigenvalue weighted by Crippen LogP contribution is 2.51. The Morgan fingerprint density at radius 3 is 2.44 bits per heavy atom. The van der Waals surface area contributed by atoms with Gasteiger partial charge in [-0.25, -0.2) is 0 Å². The first-order valence-electron chi connectivity index (χ1n) is 9.84. The van der Waals surface area contributed by atoms with Crippen molar-refractivity contribution in [3.8, 4) is 0 Å². The van der Waals surface area contributed by atoms with E-state index in [0.29, 0.717) is 11.3 Å². The lowest BCUT2D eigenvalue weighted by Gasteiger charge is -2.43. The molecule has 4 heteroatoms. The molecule has 1 aromatic rings. The number of nitrogens with zero attached hydrogens (tertiary/aromatic N) is 1. The van der Waals surface area contributed by atoms with Crippen LogP contribution in [0.25, 0.3) is 0 Å². The van der Waals surface area contributed by atoms with E-state index in [-0.39, 0.29) is 11.1 Å². The number of hydrogen-bond donors (Lipinski definition) is 0. The van der Waals surface area contributed by atoms with Crippen LogP contribution in [0.3, 0.4) is 0 Å². The topological polar surface area (TPSA) is 12.5 Å². The Morgan fingerprint density at radius 2 is 1.92 bits per heavy atom. The van der Waals surface area contributed by atoms with E-state index in [1.165, 1.54) is 30.7 Å². The Labute approximate surface area is 159 Å². The molecule has 0 unspecified atom stereocenters. The Hall–Kier alpha value is -0.293. The third-order valence-corrected chi connectivity index (χ3v) is 12.3. The van der Waals surface area contributed by atoms with Crippen LogP contribution in [0.1, 0.15) is 52.2 Å². The van der Waals surface area contributed by atoms with Crippen LogP contribution in [0.5, 0.6) is 0 Å². The summed E-state index contributed by atoms with van der Waals surface area (Å²) in [5.74, 6) is 1.79. The molecule has 25 heavy (non-hydrogen) atoms. The van der Waals surface area contributed by atoms with E-state index >= 15 is 0 Å². The second-order valence-corrected chi connectivity index (χ2v) is 15.3. The molecule has 2 aliphatic heterocycles. The summed E-state index contributed by atoms with van der Waals surface area (Å²) in [6.07, 6.45) is 2.90. The SMILES string of the molecule is CCS[C@H]1[C@H]([C@@H](O[Si](C)(C)C(C)(C)C)c2ccccc2)C[C@@H]2CCN21. The second kappa shape index (κ2) is 7.38. The van der Waals surface area contributed by atoms with Gasteiger partial charge in [-0.2, -0.15) is 0 Å². The summed E-state index contributed by atoms with van der Waals surface area (Å²) >= 11 is 2.13. The Balaban J connectivity index is 1.91. The summed E-state index contributed by atoms with van der Waals surface area (Å²) in [7, 11) is -1.82. The molecule has 0 aromatic heterocycles. The standard InChI is InChI=1S/C21H35NOSSi/c1-7-24-20-18(15-17-13-14-22(17)20)19(16-11-9-8-10-12-16)23-25(5,6)21(2,3)4/h8-12,17-20H,7,13-15H2,1-6H3/t17-,18-,19-,20-/m0/s1. The third kappa shape index (κ3) is 3.87. The molecule has 2 aliphatic rings. The van der Waals surface area contributed by atoms with Crippen molar-refractivity contribution in [2.45, 2.75) is 76.2 Å². The van der Waals surface area contributed by atoms with Gasteiger partial charge in [0.2, 0.25) is 0 Å². The molecule has 140 valence electrons. The lowest BCUT2D eigenvalue weighted by atomic mass is 9.92. The van der Waals surface area contributed by atoms with Crippen LogP contribution in [0.4, 0.5) is 0 Å². The predicted octanol–water partition coefficient (Wildman–Crippen LogP) is 5.92. The van der Waals surface area contributed by atoms with Crippen LogP contribution < -0.4 is 0 Å². The third-order valence-electron chi connectivity index (χ3n) is 6.51. The molecule has 3 rings (SSSR count). The molecule has 0 spiro atoms. The number of fused-ring (bicyclic) bond motifs is 1. The molecule has 2 nitrogen and oxygen atoms in total. The monoisotopic (exact) mass is 377 g/mol. The molecule has 2 heterocycles. The molecule has 1 aromatic carbocycles. The molecular weight excluding hydrogens is 342 g/mol. The summed E-state index contributed by atoms with van der Waals surface area (Å²) in [6, 6.07) is 11.8. The minimum absolute atomic E-state index is 0.233. The molecule has 0 saturated carbocycles. The largest absolute Gasteiger partial charge is 0.410 e. The van der Waals surface area contributed by atoms with Gasteiger partial charge < -0.3 is 4.43 Å². The molecule has 2 fully saturated rings. The molecular formula is C21H35NOSSi. The predicted molar refractivity (Wildman–Crippen MR) is 113 cm³/mol. The Kier molecular flexibility index (Phi) is 5.74. The number of benzene rings is 1. The molecule has 2 saturated heterocycles. The Morgan fingerprint density at radius 1 is 1.24 bits per heavy atom. The van der Waals surface area contributed by atoms with E-state index in [0.717, 1.165) is 6.04 Å². The summed E-state index contributed by atoms with van der Waals surface area (Å²) < 4.78 is 7.07. The minimum Gasteiger partial charge on any atom is -0.410 e. The van der Waals surface area contributed by atoms with E-state index in [1.54, 1.807) is 0 Å². The van der Waals surface area contributed by atoms with Crippen molar-refractivity contribution in [2.24, 2.45) is 5.92 Å². The molecule has 0 amide bonds. The molecule has 4 atom stereocenters. The highest BCUT2D eigenvalue weighted by Gasteiger charge is 2.51. The first kappa shape index (κ1) is 19.5. The smallest absolute Gasteiger partial charge is 0.192 e. The van der Waals surface area contributed by atoms with Crippen LogP contribution in [-0.4, -0.2) is 36.9 Å². The maximum atomic E-state index is 7.07. The van der Waals surface area contributed by atoms with Crippen molar-refractivity contribution in [2.75, 3.05) is 12.3 Å². The fourth-order valence-corrected chi connectivity index (χ4v) is 6.54. The lowest BCUT2D eigenvalue weighted by Crippen LogP contribution is -2.47. The van der Waals surface area contributed by atoms with Crippen LogP contribution in [0, 0.1) is 5.92 Å². The van der Waals surface area contributed by atoms with Gasteiger partial charge in [0.05, 0.1) is 11.5 Å². The average Bonchev–Trinajstić information content (AvgIpc) is 2.75. The van der Waals surface area contributed by atoms with E-state index in [2.05, 4.69) is 87.8 Å². The zero-order chi connectivity index (χ0) is 18.2. The zero-order valence-corrected chi connectivity index (χ0v) is 18.6. The minimum atomic E-state index is -1.82. The van der Waals surface area contributed by atoms with Gasteiger partial charge in [-0.3, -0.25) is 4.90 Å². The van der Waals surface area contributed by atoms with E-state index in [9.17, 15) is 0 Å². The molecule has 0 bridgehead atoms. The van der Waals surface area contributed by atoms with E-state index < -0.39 is 8.32 Å². The number of rotatable bonds is 6. The highest BCUT2D eigenvalue weighted by atomic mass is 32.2. The molecule has 0 N–H and O–H groups in total. The molecule has 0 aliphatic carbocycles. The summed E-state index contributed by atoms with van der Waals surface area (Å²) in [5.41, 5.74) is 1.38. The average molecular weight is 378 g/mol. The summed E-state index contributed by atoms with van der Waals surface area (Å²) in [4.78, 5) is 2.74. The fraction of sp³-hybridized carbons (Fsp3) is 0.714. The maximum absolute atomic E-state index is 7.07. The van der Waals surface area contributed by atoms with E-state index in [4.69, 9.17) is 4.43 Å². The summed E-state index contributed by atoms with van der Waals surface area (Å²) in [6.45, 7) is 15.4. The Bertz CT molecular complexity index is 571. The van der Waals surface area contributed by atoms with Gasteiger partial charge in [-0.05, 0) is 42.3 Å². The van der Waals surface area contributed by atoms with Gasteiger partial charge >= 0.3 is 0 Å². The van der Waals surface area contributed by atoms with Gasteiger partial charge in [0.1, 0.15) is 0 Å². The fourth-order valence-electron chi connectivity index (χ4n) is 3.93. The van der Waals surface area contributed by atoms with Crippen molar-refractivity contribution < 1.29 is 4.43 Å². The van der Waals surface area contributed by atoms with Crippen molar-refractivity contribution in [3.05, 3.63) is 35.9 Å². The van der Waals surface area contributed by atoms with Crippen LogP contribution in [-0.2, 0) is 4.43 Å². The first-order chi connectivity index (χ1) is 11.7. The quantitative estimate of drug-likeness (QED) is 0.571. The first-order valence-corrected chi connectivity index (χ1v) is 13.8. The van der Waals surface area contributed by atoms with E-state index in [1.807, 2.05) is 0 Å². The second-order valence-electron chi connectivity index (χ2n) is 9.14. The van der Waals surface area contributed by atoms with Gasteiger partial charge in [-0.15, -0.1) is 11.8 Å². The highest BCUT2D eigenvalue weighted by molar-refractivity contribution is 7.99. The number of hydrogen-bond acceptors (Lipinski definition) is 3.